The Morgan fingerprint density at radius 1 is 1.14 bits per heavy atom. The Balaban J connectivity index is 1.72. The van der Waals surface area contributed by atoms with Crippen molar-refractivity contribution < 1.29 is 19.3 Å². The van der Waals surface area contributed by atoms with E-state index in [-0.39, 0.29) is 13.4 Å². The maximum absolute atomic E-state index is 9.02. The molecule has 0 spiro atoms. The van der Waals surface area contributed by atoms with E-state index in [1.54, 1.807) is 7.11 Å². The minimum absolute atomic E-state index is 0.0552. The first-order chi connectivity index (χ1) is 10.3. The Bertz CT molecular complexity index is 625. The van der Waals surface area contributed by atoms with E-state index in [1.807, 2.05) is 36.4 Å². The topological polar surface area (TPSA) is 60.0 Å². The number of methoxy groups -OCH3 is 1. The molecule has 0 atom stereocenters. The van der Waals surface area contributed by atoms with Crippen LogP contribution in [0.1, 0.15) is 11.1 Å². The number of nitrogens with one attached hydrogen (secondary N) is 1. The number of ether oxygens (including phenoxy) is 3. The molecule has 1 heterocycles. The molecule has 1 aliphatic heterocycles. The Hall–Kier alpha value is -2.40. The number of rotatable bonds is 5. The van der Waals surface area contributed by atoms with Crippen molar-refractivity contribution in [2.24, 2.45) is 0 Å². The monoisotopic (exact) mass is 287 g/mol. The Kier molecular flexibility index (Phi) is 3.83. The van der Waals surface area contributed by atoms with Gasteiger partial charge < -0.3 is 24.6 Å². The highest BCUT2D eigenvalue weighted by Gasteiger charge is 2.19. The van der Waals surface area contributed by atoms with Gasteiger partial charge in [-0.3, -0.25) is 0 Å². The highest BCUT2D eigenvalue weighted by atomic mass is 16.7. The molecule has 0 saturated carbocycles. The highest BCUT2D eigenvalue weighted by molar-refractivity contribution is 5.56. The number of fused-ring (bicyclic) bond motifs is 1. The first kappa shape index (κ1) is 13.6. The molecule has 0 radical (unpaired) electrons. The van der Waals surface area contributed by atoms with Crippen LogP contribution < -0.4 is 19.5 Å². The molecule has 5 nitrogen and oxygen atoms in total. The van der Waals surface area contributed by atoms with Crippen molar-refractivity contribution in [2.45, 2.75) is 13.2 Å². The SMILES string of the molecule is COc1cc(CNc2ccc(CO)cc2)cc2c1OCO2. The summed E-state index contributed by atoms with van der Waals surface area (Å²) < 4.78 is 16.1. The fraction of sp³-hybridized carbons (Fsp3) is 0.250. The summed E-state index contributed by atoms with van der Waals surface area (Å²) >= 11 is 0. The largest absolute Gasteiger partial charge is 0.493 e. The summed E-state index contributed by atoms with van der Waals surface area (Å²) in [5.41, 5.74) is 2.93. The second-order valence-corrected chi connectivity index (χ2v) is 4.74. The van der Waals surface area contributed by atoms with Gasteiger partial charge in [0.05, 0.1) is 13.7 Å². The number of benzene rings is 2. The molecule has 3 rings (SSSR count). The zero-order chi connectivity index (χ0) is 14.7. The van der Waals surface area contributed by atoms with E-state index in [9.17, 15) is 0 Å². The Morgan fingerprint density at radius 3 is 2.67 bits per heavy atom. The number of hydrogen-bond acceptors (Lipinski definition) is 5. The van der Waals surface area contributed by atoms with Gasteiger partial charge in [-0.15, -0.1) is 0 Å². The third kappa shape index (κ3) is 2.87. The van der Waals surface area contributed by atoms with E-state index in [0.717, 1.165) is 16.8 Å². The molecule has 110 valence electrons. The summed E-state index contributed by atoms with van der Waals surface area (Å²) in [4.78, 5) is 0. The molecule has 1 aliphatic rings. The average Bonchev–Trinajstić information content (AvgIpc) is 3.01. The summed E-state index contributed by atoms with van der Waals surface area (Å²) in [5, 5.41) is 12.3. The van der Waals surface area contributed by atoms with Crippen molar-refractivity contribution in [3.05, 3.63) is 47.5 Å². The summed E-state index contributed by atoms with van der Waals surface area (Å²) in [5.74, 6) is 2.05. The van der Waals surface area contributed by atoms with Crippen LogP contribution in [-0.4, -0.2) is 19.0 Å². The van der Waals surface area contributed by atoms with Crippen LogP contribution in [0, 0.1) is 0 Å². The van der Waals surface area contributed by atoms with Crippen molar-refractivity contribution in [1.29, 1.82) is 0 Å². The second-order valence-electron chi connectivity index (χ2n) is 4.74. The molecule has 2 aromatic rings. The molecule has 0 bridgehead atoms. The van der Waals surface area contributed by atoms with Gasteiger partial charge in [-0.2, -0.15) is 0 Å². The molecule has 0 aromatic heterocycles. The van der Waals surface area contributed by atoms with Crippen LogP contribution in [0.15, 0.2) is 36.4 Å². The van der Waals surface area contributed by atoms with E-state index in [0.29, 0.717) is 23.8 Å². The third-order valence-electron chi connectivity index (χ3n) is 3.35. The number of aliphatic hydroxyl groups excluding tert-OH is 1. The lowest BCUT2D eigenvalue weighted by molar-refractivity contribution is 0.171. The third-order valence-corrected chi connectivity index (χ3v) is 3.35. The van der Waals surface area contributed by atoms with E-state index in [1.165, 1.54) is 0 Å². The minimum Gasteiger partial charge on any atom is -0.493 e. The zero-order valence-electron chi connectivity index (χ0n) is 11.8. The first-order valence-corrected chi connectivity index (χ1v) is 6.70. The minimum atomic E-state index is 0.0552. The smallest absolute Gasteiger partial charge is 0.231 e. The maximum Gasteiger partial charge on any atom is 0.231 e. The van der Waals surface area contributed by atoms with Gasteiger partial charge in [0.1, 0.15) is 0 Å². The predicted molar refractivity (Wildman–Crippen MR) is 78.8 cm³/mol. The second kappa shape index (κ2) is 5.93. The molecule has 5 heteroatoms. The van der Waals surface area contributed by atoms with E-state index < -0.39 is 0 Å². The number of aliphatic hydroxyl groups is 1. The van der Waals surface area contributed by atoms with Crippen molar-refractivity contribution in [1.82, 2.24) is 0 Å². The van der Waals surface area contributed by atoms with E-state index in [4.69, 9.17) is 19.3 Å². The molecular weight excluding hydrogens is 270 g/mol. The van der Waals surface area contributed by atoms with E-state index in [2.05, 4.69) is 5.32 Å². The standard InChI is InChI=1S/C16H17NO4/c1-19-14-6-12(7-15-16(14)21-10-20-15)8-17-13-4-2-11(9-18)3-5-13/h2-7,17-18H,8-10H2,1H3. The Morgan fingerprint density at radius 2 is 1.95 bits per heavy atom. The van der Waals surface area contributed by atoms with Crippen LogP contribution in [0.5, 0.6) is 17.2 Å². The molecule has 0 amide bonds. The lowest BCUT2D eigenvalue weighted by Gasteiger charge is -2.10. The van der Waals surface area contributed by atoms with Crippen molar-refractivity contribution in [2.75, 3.05) is 19.2 Å². The van der Waals surface area contributed by atoms with Gasteiger partial charge in [0.25, 0.3) is 0 Å². The van der Waals surface area contributed by atoms with Crippen LogP contribution >= 0.6 is 0 Å². The van der Waals surface area contributed by atoms with Crippen LogP contribution in [0.3, 0.4) is 0 Å². The molecule has 2 N–H and O–H groups in total. The lowest BCUT2D eigenvalue weighted by Crippen LogP contribution is -2.00. The van der Waals surface area contributed by atoms with Gasteiger partial charge in [-0.25, -0.2) is 0 Å². The van der Waals surface area contributed by atoms with Gasteiger partial charge >= 0.3 is 0 Å². The van der Waals surface area contributed by atoms with Gasteiger partial charge in [0.2, 0.25) is 12.5 Å². The zero-order valence-corrected chi connectivity index (χ0v) is 11.8. The molecule has 0 aliphatic carbocycles. The van der Waals surface area contributed by atoms with Crippen molar-refractivity contribution in [3.8, 4) is 17.2 Å². The maximum atomic E-state index is 9.02. The molecule has 2 aromatic carbocycles. The van der Waals surface area contributed by atoms with Gasteiger partial charge in [-0.05, 0) is 35.4 Å². The molecule has 0 fully saturated rings. The van der Waals surface area contributed by atoms with E-state index >= 15 is 0 Å². The summed E-state index contributed by atoms with van der Waals surface area (Å²) in [6.45, 7) is 0.927. The van der Waals surface area contributed by atoms with Gasteiger partial charge in [-0.1, -0.05) is 12.1 Å². The van der Waals surface area contributed by atoms with Crippen LogP contribution in [0.4, 0.5) is 5.69 Å². The fourth-order valence-corrected chi connectivity index (χ4v) is 2.22. The summed E-state index contributed by atoms with van der Waals surface area (Å²) in [7, 11) is 1.61. The normalized spacial score (nSPS) is 12.3. The summed E-state index contributed by atoms with van der Waals surface area (Å²) in [6.07, 6.45) is 0. The molecule has 0 unspecified atom stereocenters. The molecule has 21 heavy (non-hydrogen) atoms. The molecule has 0 saturated heterocycles. The Labute approximate surface area is 123 Å². The van der Waals surface area contributed by atoms with Crippen molar-refractivity contribution in [3.63, 3.8) is 0 Å². The highest BCUT2D eigenvalue weighted by Crippen LogP contribution is 2.41. The molecular formula is C16H17NO4. The lowest BCUT2D eigenvalue weighted by atomic mass is 10.1. The van der Waals surface area contributed by atoms with Gasteiger partial charge in [0.15, 0.2) is 11.5 Å². The van der Waals surface area contributed by atoms with Crippen LogP contribution in [-0.2, 0) is 13.2 Å². The predicted octanol–water partition coefficient (Wildman–Crippen LogP) is 2.53. The fourth-order valence-electron chi connectivity index (χ4n) is 2.22. The number of anilines is 1. The van der Waals surface area contributed by atoms with Crippen LogP contribution in [0.25, 0.3) is 0 Å². The average molecular weight is 287 g/mol. The summed E-state index contributed by atoms with van der Waals surface area (Å²) in [6, 6.07) is 11.5. The van der Waals surface area contributed by atoms with Crippen LogP contribution in [0.2, 0.25) is 0 Å². The van der Waals surface area contributed by atoms with Crippen molar-refractivity contribution >= 4 is 5.69 Å². The number of hydrogen-bond donors (Lipinski definition) is 2. The van der Waals surface area contributed by atoms with Gasteiger partial charge in [0, 0.05) is 12.2 Å². The quantitative estimate of drug-likeness (QED) is 0.885. The first-order valence-electron chi connectivity index (χ1n) is 6.70.